The maximum atomic E-state index is 11.9. The molecule has 1 amide bonds. The Morgan fingerprint density at radius 3 is 2.80 bits per heavy atom. The zero-order valence-corrected chi connectivity index (χ0v) is 11.1. The number of amides is 1. The van der Waals surface area contributed by atoms with Crippen LogP contribution in [0, 0.1) is 0 Å². The predicted octanol–water partition coefficient (Wildman–Crippen LogP) is -0.580. The first-order valence-electron chi connectivity index (χ1n) is 5.31. The number of hydrogen-bond acceptors (Lipinski definition) is 6. The Labute approximate surface area is 114 Å². The molecule has 2 heterocycles. The fourth-order valence-corrected chi connectivity index (χ4v) is 2.16. The number of carbonyl (C=O) groups is 1. The number of nitrogens with zero attached hydrogens (tertiary/aromatic N) is 3. The van der Waals surface area contributed by atoms with Gasteiger partial charge in [-0.3, -0.25) is 9.48 Å². The molecule has 0 bridgehead atoms. The highest BCUT2D eigenvalue weighted by molar-refractivity contribution is 7.89. The van der Waals surface area contributed by atoms with Gasteiger partial charge in [-0.15, -0.1) is 0 Å². The molecule has 2 aromatic heterocycles. The number of primary sulfonamides is 1. The van der Waals surface area contributed by atoms with Crippen LogP contribution in [0.15, 0.2) is 29.4 Å². The summed E-state index contributed by atoms with van der Waals surface area (Å²) in [4.78, 5) is 15.3. The summed E-state index contributed by atoms with van der Waals surface area (Å²) in [6.45, 7) is 0. The van der Waals surface area contributed by atoms with Crippen LogP contribution in [0.4, 0.5) is 5.82 Å². The molecule has 2 aromatic rings. The van der Waals surface area contributed by atoms with E-state index in [1.54, 1.807) is 0 Å². The molecule has 0 radical (unpaired) electrons. The van der Waals surface area contributed by atoms with Crippen LogP contribution in [0.2, 0.25) is 0 Å². The first-order chi connectivity index (χ1) is 9.29. The van der Waals surface area contributed by atoms with Gasteiger partial charge in [0.15, 0.2) is 11.5 Å². The summed E-state index contributed by atoms with van der Waals surface area (Å²) in [6, 6.07) is 2.73. The molecule has 0 atom stereocenters. The van der Waals surface area contributed by atoms with E-state index in [0.29, 0.717) is 0 Å². The fraction of sp³-hybridized carbons (Fsp3) is 0.100. The summed E-state index contributed by atoms with van der Waals surface area (Å²) in [5, 5.41) is 20.6. The van der Waals surface area contributed by atoms with Crippen LogP contribution in [0.3, 0.4) is 0 Å². The van der Waals surface area contributed by atoms with Crippen LogP contribution < -0.4 is 10.5 Å². The van der Waals surface area contributed by atoms with E-state index in [9.17, 15) is 18.3 Å². The number of nitrogens with two attached hydrogens (primary N) is 1. The van der Waals surface area contributed by atoms with E-state index < -0.39 is 15.9 Å². The summed E-state index contributed by atoms with van der Waals surface area (Å²) in [5.41, 5.74) is -0.251. The van der Waals surface area contributed by atoms with Gasteiger partial charge < -0.3 is 10.4 Å². The minimum absolute atomic E-state index is 0.231. The number of hydrogen-bond donors (Lipinski definition) is 3. The standard InChI is InChI=1S/C10H11N5O4S/c1-15-5-7(20(11,18)19)9(14-15)13-10(17)8-6(16)3-2-4-12-8/h2-5,16H,1H3,(H2,11,18,19)(H,13,14,17). The lowest BCUT2D eigenvalue weighted by Crippen LogP contribution is -2.18. The number of aromatic nitrogens is 3. The van der Waals surface area contributed by atoms with Gasteiger partial charge in [-0.05, 0) is 12.1 Å². The summed E-state index contributed by atoms with van der Waals surface area (Å²) < 4.78 is 23.9. The quantitative estimate of drug-likeness (QED) is 0.692. The molecule has 4 N–H and O–H groups in total. The molecule has 106 valence electrons. The summed E-state index contributed by atoms with van der Waals surface area (Å²) in [6.07, 6.45) is 2.47. The maximum absolute atomic E-state index is 11.9. The number of carbonyl (C=O) groups excluding carboxylic acids is 1. The van der Waals surface area contributed by atoms with Crippen LogP contribution >= 0.6 is 0 Å². The number of aromatic hydroxyl groups is 1. The van der Waals surface area contributed by atoms with Gasteiger partial charge >= 0.3 is 0 Å². The van der Waals surface area contributed by atoms with Crippen LogP contribution in [0.25, 0.3) is 0 Å². The predicted molar refractivity (Wildman–Crippen MR) is 68.4 cm³/mol. The van der Waals surface area contributed by atoms with Crippen molar-refractivity contribution in [1.29, 1.82) is 0 Å². The van der Waals surface area contributed by atoms with Crippen molar-refractivity contribution < 1.29 is 18.3 Å². The van der Waals surface area contributed by atoms with Gasteiger partial charge in [-0.2, -0.15) is 5.10 Å². The molecule has 0 aliphatic heterocycles. The Bertz CT molecular complexity index is 768. The first kappa shape index (κ1) is 14.0. The fourth-order valence-electron chi connectivity index (χ4n) is 1.50. The molecule has 9 nitrogen and oxygen atoms in total. The van der Waals surface area contributed by atoms with Gasteiger partial charge in [0, 0.05) is 19.4 Å². The number of aryl methyl sites for hydroxylation is 1. The van der Waals surface area contributed by atoms with E-state index in [0.717, 1.165) is 6.20 Å². The molecule has 0 saturated heterocycles. The molecular weight excluding hydrogens is 286 g/mol. The second kappa shape index (κ2) is 4.90. The number of pyridine rings is 1. The highest BCUT2D eigenvalue weighted by atomic mass is 32.2. The van der Waals surface area contributed by atoms with Crippen molar-refractivity contribution in [2.75, 3.05) is 5.32 Å². The molecule has 20 heavy (non-hydrogen) atoms. The second-order valence-electron chi connectivity index (χ2n) is 3.89. The third-order valence-electron chi connectivity index (χ3n) is 2.34. The topological polar surface area (TPSA) is 140 Å². The zero-order chi connectivity index (χ0) is 14.9. The lowest BCUT2D eigenvalue weighted by Gasteiger charge is -2.04. The lowest BCUT2D eigenvalue weighted by molar-refractivity contribution is 0.101. The average Bonchev–Trinajstić information content (AvgIpc) is 2.70. The zero-order valence-electron chi connectivity index (χ0n) is 10.3. The van der Waals surface area contributed by atoms with E-state index in [4.69, 9.17) is 5.14 Å². The molecule has 0 unspecified atom stereocenters. The Morgan fingerprint density at radius 2 is 2.20 bits per heavy atom. The van der Waals surface area contributed by atoms with E-state index in [-0.39, 0.29) is 22.2 Å². The van der Waals surface area contributed by atoms with Gasteiger partial charge in [0.1, 0.15) is 10.6 Å². The van der Waals surface area contributed by atoms with Gasteiger partial charge in [0.2, 0.25) is 10.0 Å². The van der Waals surface area contributed by atoms with Crippen LogP contribution in [-0.4, -0.2) is 34.2 Å². The van der Waals surface area contributed by atoms with Crippen molar-refractivity contribution in [3.05, 3.63) is 30.2 Å². The van der Waals surface area contributed by atoms with Gasteiger partial charge in [-0.1, -0.05) is 0 Å². The number of rotatable bonds is 3. The largest absolute Gasteiger partial charge is 0.505 e. The van der Waals surface area contributed by atoms with Gasteiger partial charge in [0.05, 0.1) is 0 Å². The summed E-state index contributed by atoms with van der Waals surface area (Å²) in [5.74, 6) is -1.37. The SMILES string of the molecule is Cn1cc(S(N)(=O)=O)c(NC(=O)c2ncccc2O)n1. The Balaban J connectivity index is 2.37. The number of anilines is 1. The molecule has 0 aliphatic rings. The normalized spacial score (nSPS) is 11.3. The van der Waals surface area contributed by atoms with E-state index in [1.165, 1.54) is 30.1 Å². The molecular formula is C10H11N5O4S. The van der Waals surface area contributed by atoms with Crippen LogP contribution in [0.1, 0.15) is 10.5 Å². The Morgan fingerprint density at radius 1 is 1.50 bits per heavy atom. The highest BCUT2D eigenvalue weighted by Crippen LogP contribution is 2.20. The number of nitrogens with one attached hydrogen (secondary N) is 1. The van der Waals surface area contributed by atoms with Gasteiger partial charge in [-0.25, -0.2) is 18.5 Å². The van der Waals surface area contributed by atoms with Crippen LogP contribution in [-0.2, 0) is 17.1 Å². The third kappa shape index (κ3) is 2.75. The van der Waals surface area contributed by atoms with Crippen molar-refractivity contribution in [3.8, 4) is 5.75 Å². The second-order valence-corrected chi connectivity index (χ2v) is 5.42. The summed E-state index contributed by atoms with van der Waals surface area (Å²) in [7, 11) is -2.56. The summed E-state index contributed by atoms with van der Waals surface area (Å²) >= 11 is 0. The molecule has 0 saturated carbocycles. The Hall–Kier alpha value is -2.46. The minimum atomic E-state index is -4.03. The molecule has 0 fully saturated rings. The van der Waals surface area contributed by atoms with E-state index >= 15 is 0 Å². The highest BCUT2D eigenvalue weighted by Gasteiger charge is 2.22. The smallest absolute Gasteiger partial charge is 0.279 e. The molecule has 2 rings (SSSR count). The monoisotopic (exact) mass is 297 g/mol. The van der Waals surface area contributed by atoms with Gasteiger partial charge in [0.25, 0.3) is 5.91 Å². The molecule has 0 aromatic carbocycles. The minimum Gasteiger partial charge on any atom is -0.505 e. The van der Waals surface area contributed by atoms with Crippen molar-refractivity contribution in [1.82, 2.24) is 14.8 Å². The average molecular weight is 297 g/mol. The first-order valence-corrected chi connectivity index (χ1v) is 6.85. The molecule has 10 heteroatoms. The van der Waals surface area contributed by atoms with Crippen LogP contribution in [0.5, 0.6) is 5.75 Å². The lowest BCUT2D eigenvalue weighted by atomic mass is 10.3. The molecule has 0 spiro atoms. The maximum Gasteiger partial charge on any atom is 0.279 e. The van der Waals surface area contributed by atoms with Crippen molar-refractivity contribution in [2.24, 2.45) is 12.2 Å². The number of sulfonamides is 1. The van der Waals surface area contributed by atoms with Crippen molar-refractivity contribution in [2.45, 2.75) is 4.90 Å². The molecule has 0 aliphatic carbocycles. The van der Waals surface area contributed by atoms with Crippen molar-refractivity contribution >= 4 is 21.7 Å². The third-order valence-corrected chi connectivity index (χ3v) is 3.25. The van der Waals surface area contributed by atoms with E-state index in [2.05, 4.69) is 15.4 Å². The van der Waals surface area contributed by atoms with Crippen molar-refractivity contribution in [3.63, 3.8) is 0 Å². The van der Waals surface area contributed by atoms with E-state index in [1.807, 2.05) is 0 Å². The Kier molecular flexibility index (Phi) is 3.42.